The second-order valence-electron chi connectivity index (χ2n) is 5.52. The fraction of sp³-hybridized carbons (Fsp3) is 0.909. The first-order chi connectivity index (χ1) is 6.37. The van der Waals surface area contributed by atoms with Gasteiger partial charge in [-0.3, -0.25) is 0 Å². The Morgan fingerprint density at radius 1 is 1.43 bits per heavy atom. The number of nitriles is 1. The van der Waals surface area contributed by atoms with E-state index in [-0.39, 0.29) is 0 Å². The molecular formula is C11H21NOSi. The lowest BCUT2D eigenvalue weighted by atomic mass is 9.80. The van der Waals surface area contributed by atoms with Crippen LogP contribution in [0.15, 0.2) is 0 Å². The molecule has 0 aliphatic heterocycles. The van der Waals surface area contributed by atoms with E-state index >= 15 is 0 Å². The molecule has 1 aliphatic carbocycles. The lowest BCUT2D eigenvalue weighted by Gasteiger charge is -2.38. The summed E-state index contributed by atoms with van der Waals surface area (Å²) in [5.41, 5.74) is -0.456. The molecule has 0 N–H and O–H groups in total. The van der Waals surface area contributed by atoms with Gasteiger partial charge < -0.3 is 4.43 Å². The Labute approximate surface area is 88.4 Å². The summed E-state index contributed by atoms with van der Waals surface area (Å²) in [6.07, 6.45) is 4.24. The van der Waals surface area contributed by atoms with Crippen molar-refractivity contribution in [1.29, 1.82) is 5.26 Å². The molecule has 0 aromatic rings. The standard InChI is InChI=1S/C11H21NOSi/c1-10-6-5-7-11(8-10,9-12)13-14(2,3)4/h10H,5-8H2,1-4H3/t10-,11?/m1/s1. The maximum absolute atomic E-state index is 9.27. The van der Waals surface area contributed by atoms with Gasteiger partial charge in [-0.1, -0.05) is 13.3 Å². The fourth-order valence-electron chi connectivity index (χ4n) is 2.31. The predicted octanol–water partition coefficient (Wildman–Crippen LogP) is 3.31. The van der Waals surface area contributed by atoms with E-state index in [4.69, 9.17) is 4.43 Å². The number of nitrogens with zero attached hydrogens (tertiary/aromatic N) is 1. The highest BCUT2D eigenvalue weighted by molar-refractivity contribution is 6.69. The molecule has 2 nitrogen and oxygen atoms in total. The van der Waals surface area contributed by atoms with Crippen LogP contribution in [0.25, 0.3) is 0 Å². The predicted molar refractivity (Wildman–Crippen MR) is 60.4 cm³/mol. The summed E-state index contributed by atoms with van der Waals surface area (Å²) in [6.45, 7) is 8.70. The minimum absolute atomic E-state index is 0.456. The molecule has 1 aliphatic rings. The van der Waals surface area contributed by atoms with Crippen LogP contribution in [0, 0.1) is 17.2 Å². The zero-order valence-corrected chi connectivity index (χ0v) is 10.8. The molecule has 0 saturated heterocycles. The fourth-order valence-corrected chi connectivity index (χ4v) is 3.71. The normalized spacial score (nSPS) is 33.8. The molecule has 80 valence electrons. The molecule has 0 heterocycles. The largest absolute Gasteiger partial charge is 0.400 e. The number of hydrogen-bond donors (Lipinski definition) is 0. The summed E-state index contributed by atoms with van der Waals surface area (Å²) in [5.74, 6) is 0.639. The first-order valence-corrected chi connectivity index (χ1v) is 8.89. The lowest BCUT2D eigenvalue weighted by Crippen LogP contribution is -2.44. The molecule has 0 aromatic carbocycles. The first kappa shape index (κ1) is 11.7. The molecule has 3 heteroatoms. The van der Waals surface area contributed by atoms with Gasteiger partial charge in [0.15, 0.2) is 8.32 Å². The van der Waals surface area contributed by atoms with Crippen molar-refractivity contribution in [3.8, 4) is 6.07 Å². The summed E-state index contributed by atoms with van der Waals surface area (Å²) in [4.78, 5) is 0. The third-order valence-electron chi connectivity index (χ3n) is 2.66. The third kappa shape index (κ3) is 3.11. The molecule has 1 fully saturated rings. The van der Waals surface area contributed by atoms with Gasteiger partial charge in [-0.05, 0) is 44.8 Å². The Kier molecular flexibility index (Phi) is 3.39. The first-order valence-electron chi connectivity index (χ1n) is 5.48. The monoisotopic (exact) mass is 211 g/mol. The molecule has 0 amide bonds. The molecule has 1 unspecified atom stereocenters. The minimum atomic E-state index is -1.59. The number of rotatable bonds is 2. The van der Waals surface area contributed by atoms with Crippen LogP contribution in [0.2, 0.25) is 19.6 Å². The summed E-state index contributed by atoms with van der Waals surface area (Å²) >= 11 is 0. The second kappa shape index (κ2) is 4.04. The maximum Gasteiger partial charge on any atom is 0.185 e. The molecule has 0 aromatic heterocycles. The van der Waals surface area contributed by atoms with Gasteiger partial charge in [0.2, 0.25) is 0 Å². The van der Waals surface area contributed by atoms with Crippen molar-refractivity contribution in [2.24, 2.45) is 5.92 Å². The van der Waals surface area contributed by atoms with Crippen LogP contribution in [-0.2, 0) is 4.43 Å². The Morgan fingerprint density at radius 3 is 2.50 bits per heavy atom. The highest BCUT2D eigenvalue weighted by Gasteiger charge is 2.39. The van der Waals surface area contributed by atoms with E-state index in [2.05, 4.69) is 32.6 Å². The molecule has 0 spiro atoms. The molecular weight excluding hydrogens is 190 g/mol. The molecule has 1 saturated carbocycles. The summed E-state index contributed by atoms with van der Waals surface area (Å²) < 4.78 is 6.06. The van der Waals surface area contributed by atoms with Gasteiger partial charge in [0, 0.05) is 0 Å². The lowest BCUT2D eigenvalue weighted by molar-refractivity contribution is 0.0564. The van der Waals surface area contributed by atoms with E-state index in [1.54, 1.807) is 0 Å². The average molecular weight is 211 g/mol. The molecule has 0 radical (unpaired) electrons. The van der Waals surface area contributed by atoms with E-state index in [9.17, 15) is 5.26 Å². The van der Waals surface area contributed by atoms with Gasteiger partial charge in [-0.15, -0.1) is 0 Å². The van der Waals surface area contributed by atoms with E-state index in [0.717, 1.165) is 19.3 Å². The van der Waals surface area contributed by atoms with Crippen molar-refractivity contribution < 1.29 is 4.43 Å². The van der Waals surface area contributed by atoms with Crippen molar-refractivity contribution in [1.82, 2.24) is 0 Å². The minimum Gasteiger partial charge on any atom is -0.400 e. The SMILES string of the molecule is C[C@@H]1CCCC(C#N)(O[Si](C)(C)C)C1. The highest BCUT2D eigenvalue weighted by Crippen LogP contribution is 2.36. The summed E-state index contributed by atoms with van der Waals surface area (Å²) in [7, 11) is -1.59. The van der Waals surface area contributed by atoms with Crippen LogP contribution >= 0.6 is 0 Å². The molecule has 0 bridgehead atoms. The van der Waals surface area contributed by atoms with Crippen molar-refractivity contribution in [2.45, 2.75) is 57.8 Å². The topological polar surface area (TPSA) is 33.0 Å². The van der Waals surface area contributed by atoms with Crippen molar-refractivity contribution in [3.05, 3.63) is 0 Å². The molecule has 14 heavy (non-hydrogen) atoms. The van der Waals surface area contributed by atoms with Gasteiger partial charge >= 0.3 is 0 Å². The van der Waals surface area contributed by atoms with Crippen LogP contribution in [0.4, 0.5) is 0 Å². The Bertz CT molecular complexity index is 241. The van der Waals surface area contributed by atoms with Crippen LogP contribution in [0.3, 0.4) is 0 Å². The van der Waals surface area contributed by atoms with Crippen LogP contribution in [0.5, 0.6) is 0 Å². The van der Waals surface area contributed by atoms with Crippen LogP contribution in [0.1, 0.15) is 32.6 Å². The Balaban J connectivity index is 2.72. The van der Waals surface area contributed by atoms with Crippen molar-refractivity contribution in [3.63, 3.8) is 0 Å². The average Bonchev–Trinajstić information content (AvgIpc) is 2.01. The van der Waals surface area contributed by atoms with E-state index < -0.39 is 13.9 Å². The van der Waals surface area contributed by atoms with E-state index in [1.807, 2.05) is 0 Å². The van der Waals surface area contributed by atoms with Gasteiger partial charge in [0.05, 0.1) is 6.07 Å². The van der Waals surface area contributed by atoms with Gasteiger partial charge in [-0.25, -0.2) is 0 Å². The second-order valence-corrected chi connectivity index (χ2v) is 9.95. The van der Waals surface area contributed by atoms with E-state index in [1.165, 1.54) is 6.42 Å². The third-order valence-corrected chi connectivity index (χ3v) is 3.66. The quantitative estimate of drug-likeness (QED) is 0.656. The maximum atomic E-state index is 9.27. The molecule has 2 atom stereocenters. The smallest absolute Gasteiger partial charge is 0.185 e. The van der Waals surface area contributed by atoms with Crippen LogP contribution in [-0.4, -0.2) is 13.9 Å². The summed E-state index contributed by atoms with van der Waals surface area (Å²) in [5, 5.41) is 9.27. The molecule has 1 rings (SSSR count). The van der Waals surface area contributed by atoms with Crippen molar-refractivity contribution in [2.75, 3.05) is 0 Å². The summed E-state index contributed by atoms with van der Waals surface area (Å²) in [6, 6.07) is 2.42. The number of hydrogen-bond acceptors (Lipinski definition) is 2. The van der Waals surface area contributed by atoms with Gasteiger partial charge in [-0.2, -0.15) is 5.26 Å². The van der Waals surface area contributed by atoms with E-state index in [0.29, 0.717) is 5.92 Å². The zero-order chi connectivity index (χ0) is 10.8. The van der Waals surface area contributed by atoms with Crippen LogP contribution < -0.4 is 0 Å². The van der Waals surface area contributed by atoms with Gasteiger partial charge in [0.25, 0.3) is 0 Å². The van der Waals surface area contributed by atoms with Crippen molar-refractivity contribution >= 4 is 8.32 Å². The zero-order valence-electron chi connectivity index (χ0n) is 9.76. The van der Waals surface area contributed by atoms with Gasteiger partial charge in [0.1, 0.15) is 5.60 Å². The highest BCUT2D eigenvalue weighted by atomic mass is 28.4. The Hall–Kier alpha value is -0.333. The Morgan fingerprint density at radius 2 is 2.07 bits per heavy atom.